The Morgan fingerprint density at radius 3 is 2.24 bits per heavy atom. The molecule has 0 spiro atoms. The Morgan fingerprint density at radius 1 is 0.974 bits per heavy atom. The van der Waals surface area contributed by atoms with Gasteiger partial charge in [0.25, 0.3) is 5.91 Å². The molecule has 2 heterocycles. The molecule has 202 valence electrons. The van der Waals surface area contributed by atoms with Crippen molar-refractivity contribution in [2.45, 2.75) is 38.3 Å². The number of benzene rings is 2. The number of carbonyl (C=O) groups excluding carboxylic acids is 1. The van der Waals surface area contributed by atoms with Crippen molar-refractivity contribution >= 4 is 5.91 Å². The lowest BCUT2D eigenvalue weighted by molar-refractivity contribution is -0.143. The summed E-state index contributed by atoms with van der Waals surface area (Å²) < 4.78 is 80.4. The van der Waals surface area contributed by atoms with Crippen LogP contribution < -0.4 is 0 Å². The van der Waals surface area contributed by atoms with Gasteiger partial charge in [-0.15, -0.1) is 0 Å². The predicted octanol–water partition coefficient (Wildman–Crippen LogP) is 5.70. The number of pyridine rings is 1. The number of aromatic hydroxyl groups is 1. The average molecular weight is 538 g/mol. The number of nitrogens with zero attached hydrogens (tertiary/aromatic N) is 3. The summed E-state index contributed by atoms with van der Waals surface area (Å²) in [5.74, 6) is -0.861. The van der Waals surface area contributed by atoms with Crippen LogP contribution in [-0.2, 0) is 25.3 Å². The second kappa shape index (κ2) is 10.6. The number of phenols is 1. The van der Waals surface area contributed by atoms with Crippen LogP contribution in [0.3, 0.4) is 0 Å². The molecule has 3 aromatic rings. The van der Waals surface area contributed by atoms with Crippen molar-refractivity contribution in [1.82, 2.24) is 14.8 Å². The highest BCUT2D eigenvalue weighted by Gasteiger charge is 2.39. The van der Waals surface area contributed by atoms with E-state index >= 15 is 0 Å². The number of hydrogen-bond donors (Lipinski definition) is 1. The maximum absolute atomic E-state index is 13.5. The second-order valence-electron chi connectivity index (χ2n) is 9.37. The molecule has 0 radical (unpaired) electrons. The molecule has 4 rings (SSSR count). The summed E-state index contributed by atoms with van der Waals surface area (Å²) in [5, 5.41) is 10.1. The molecule has 0 saturated carbocycles. The van der Waals surface area contributed by atoms with E-state index in [-0.39, 0.29) is 24.8 Å². The Bertz CT molecular complexity index is 1260. The zero-order valence-corrected chi connectivity index (χ0v) is 20.4. The molecule has 1 N–H and O–H groups in total. The van der Waals surface area contributed by atoms with Crippen LogP contribution in [0.5, 0.6) is 5.75 Å². The topological polar surface area (TPSA) is 56.7 Å². The zero-order chi connectivity index (χ0) is 27.7. The van der Waals surface area contributed by atoms with E-state index in [1.807, 2.05) is 11.0 Å². The summed E-state index contributed by atoms with van der Waals surface area (Å²) in [6.45, 7) is 3.01. The van der Waals surface area contributed by atoms with Crippen molar-refractivity contribution in [1.29, 1.82) is 0 Å². The van der Waals surface area contributed by atoms with Crippen LogP contribution in [0.2, 0.25) is 0 Å². The molecular weight excluding hydrogens is 512 g/mol. The molecule has 0 bridgehead atoms. The number of piperazine rings is 1. The summed E-state index contributed by atoms with van der Waals surface area (Å²) >= 11 is 0. The molecule has 2 aromatic carbocycles. The number of aryl methyl sites for hydroxylation is 1. The summed E-state index contributed by atoms with van der Waals surface area (Å²) in [4.78, 5) is 20.9. The van der Waals surface area contributed by atoms with Gasteiger partial charge in [0, 0.05) is 50.2 Å². The monoisotopic (exact) mass is 537 g/mol. The van der Waals surface area contributed by atoms with E-state index in [9.17, 15) is 36.2 Å². The number of rotatable bonds is 5. The van der Waals surface area contributed by atoms with Crippen molar-refractivity contribution in [3.63, 3.8) is 0 Å². The van der Waals surface area contributed by atoms with Gasteiger partial charge in [-0.1, -0.05) is 18.2 Å². The Hall–Kier alpha value is -3.60. The number of aromatic nitrogens is 1. The fourth-order valence-corrected chi connectivity index (χ4v) is 4.55. The van der Waals surface area contributed by atoms with E-state index < -0.39 is 41.0 Å². The lowest BCUT2D eigenvalue weighted by atomic mass is 9.98. The van der Waals surface area contributed by atoms with Gasteiger partial charge in [0.05, 0.1) is 11.1 Å². The zero-order valence-electron chi connectivity index (χ0n) is 20.4. The van der Waals surface area contributed by atoms with Crippen LogP contribution in [-0.4, -0.2) is 51.5 Å². The van der Waals surface area contributed by atoms with E-state index in [4.69, 9.17) is 0 Å². The quantitative estimate of drug-likeness (QED) is 0.424. The number of hydrogen-bond acceptors (Lipinski definition) is 4. The lowest BCUT2D eigenvalue weighted by Gasteiger charge is -2.42. The maximum atomic E-state index is 13.5. The van der Waals surface area contributed by atoms with Gasteiger partial charge in [0.2, 0.25) is 0 Å². The van der Waals surface area contributed by atoms with E-state index in [2.05, 4.69) is 4.98 Å². The minimum absolute atomic E-state index is 0.00910. The summed E-state index contributed by atoms with van der Waals surface area (Å²) in [5.41, 5.74) is -1.50. The molecule has 0 unspecified atom stereocenters. The highest BCUT2D eigenvalue weighted by molar-refractivity contribution is 5.95. The number of carbonyl (C=O) groups is 1. The molecule has 1 aliphatic rings. The van der Waals surface area contributed by atoms with Gasteiger partial charge < -0.3 is 10.0 Å². The second-order valence-corrected chi connectivity index (χ2v) is 9.37. The highest BCUT2D eigenvalue weighted by atomic mass is 19.4. The smallest absolute Gasteiger partial charge is 0.416 e. The third kappa shape index (κ3) is 6.45. The van der Waals surface area contributed by atoms with Crippen molar-refractivity contribution in [2.24, 2.45) is 0 Å². The first-order valence-corrected chi connectivity index (χ1v) is 11.8. The van der Waals surface area contributed by atoms with E-state index in [1.54, 1.807) is 43.6 Å². The van der Waals surface area contributed by atoms with Gasteiger partial charge in [0.1, 0.15) is 5.75 Å². The number of amides is 1. The van der Waals surface area contributed by atoms with Gasteiger partial charge in [0.15, 0.2) is 0 Å². The fourth-order valence-electron chi connectivity index (χ4n) is 4.55. The molecule has 1 fully saturated rings. The van der Waals surface area contributed by atoms with Gasteiger partial charge in [-0.05, 0) is 60.4 Å². The Kier molecular flexibility index (Phi) is 7.68. The van der Waals surface area contributed by atoms with Crippen LogP contribution in [0.1, 0.15) is 38.2 Å². The molecule has 1 saturated heterocycles. The summed E-state index contributed by atoms with van der Waals surface area (Å²) in [7, 11) is 0. The predicted molar refractivity (Wildman–Crippen MR) is 127 cm³/mol. The van der Waals surface area contributed by atoms with Crippen LogP contribution in [0.4, 0.5) is 26.3 Å². The normalized spacial score (nSPS) is 17.0. The third-order valence-corrected chi connectivity index (χ3v) is 6.54. The van der Waals surface area contributed by atoms with Crippen LogP contribution in [0.25, 0.3) is 0 Å². The van der Waals surface area contributed by atoms with Crippen LogP contribution in [0.15, 0.2) is 60.9 Å². The maximum Gasteiger partial charge on any atom is 0.416 e. The number of alkyl halides is 6. The molecule has 11 heteroatoms. The van der Waals surface area contributed by atoms with Crippen molar-refractivity contribution in [3.05, 3.63) is 94.3 Å². The van der Waals surface area contributed by atoms with E-state index in [1.165, 1.54) is 4.90 Å². The molecule has 1 amide bonds. The number of phenolic OH excluding ortho intramolecular Hbond substituents is 1. The largest absolute Gasteiger partial charge is 0.508 e. The fraction of sp³-hybridized carbons (Fsp3) is 0.333. The van der Waals surface area contributed by atoms with Crippen molar-refractivity contribution in [2.75, 3.05) is 19.6 Å². The Morgan fingerprint density at radius 2 is 1.66 bits per heavy atom. The molecule has 5 nitrogen and oxygen atoms in total. The van der Waals surface area contributed by atoms with Crippen molar-refractivity contribution in [3.8, 4) is 5.75 Å². The number of halogens is 6. The molecule has 38 heavy (non-hydrogen) atoms. The van der Waals surface area contributed by atoms with Gasteiger partial charge in [-0.2, -0.15) is 26.3 Å². The van der Waals surface area contributed by atoms with E-state index in [0.29, 0.717) is 42.9 Å². The summed E-state index contributed by atoms with van der Waals surface area (Å²) in [6, 6.07) is 9.06. The molecule has 0 aliphatic carbocycles. The SMILES string of the molecule is Cc1ccc(C[C@@H]2CN(Cc3cccnc3)CCN2C(=O)c2cc(C(F)(F)F)cc(C(F)(F)F)c2)cc1O. The lowest BCUT2D eigenvalue weighted by Crippen LogP contribution is -2.55. The standard InChI is InChI=1S/C27H25F6N3O2/c1-17-4-5-18(10-24(17)37)9-23-16-35(15-19-3-2-6-34-14-19)7-8-36(23)25(38)20-11-21(26(28,29)30)13-22(12-20)27(31,32)33/h2-6,10-14,23,37H,7-9,15-16H2,1H3/t23-/m1/s1. The molecular formula is C27H25F6N3O2. The minimum Gasteiger partial charge on any atom is -0.508 e. The molecule has 1 atom stereocenters. The van der Waals surface area contributed by atoms with Crippen LogP contribution >= 0.6 is 0 Å². The average Bonchev–Trinajstić information content (AvgIpc) is 2.85. The van der Waals surface area contributed by atoms with Gasteiger partial charge in [-0.3, -0.25) is 14.7 Å². The van der Waals surface area contributed by atoms with Crippen LogP contribution in [0, 0.1) is 6.92 Å². The first-order chi connectivity index (χ1) is 17.8. The Labute approximate surface area is 215 Å². The minimum atomic E-state index is -5.06. The molecule has 1 aromatic heterocycles. The van der Waals surface area contributed by atoms with Gasteiger partial charge in [-0.25, -0.2) is 0 Å². The first kappa shape index (κ1) is 27.4. The van der Waals surface area contributed by atoms with Gasteiger partial charge >= 0.3 is 12.4 Å². The first-order valence-electron chi connectivity index (χ1n) is 11.8. The van der Waals surface area contributed by atoms with Crippen molar-refractivity contribution < 1.29 is 36.2 Å². The third-order valence-electron chi connectivity index (χ3n) is 6.54. The highest BCUT2D eigenvalue weighted by Crippen LogP contribution is 2.37. The van der Waals surface area contributed by atoms with E-state index in [0.717, 1.165) is 5.56 Å². The molecule has 1 aliphatic heterocycles. The Balaban J connectivity index is 1.67. The summed E-state index contributed by atoms with van der Waals surface area (Å²) in [6.07, 6.45) is -6.54.